The number of likely N-dealkylation sites (tertiary alicyclic amines) is 1. The van der Waals surface area contributed by atoms with E-state index < -0.39 is 5.97 Å². The van der Waals surface area contributed by atoms with Crippen LogP contribution in [0.2, 0.25) is 0 Å². The molecule has 1 unspecified atom stereocenters. The fourth-order valence-electron chi connectivity index (χ4n) is 2.29. The molecule has 1 atom stereocenters. The Labute approximate surface area is 112 Å². The van der Waals surface area contributed by atoms with Gasteiger partial charge in [-0.2, -0.15) is 0 Å². The molecule has 0 aromatic heterocycles. The van der Waals surface area contributed by atoms with Crippen LogP contribution < -0.4 is 0 Å². The smallest absolute Gasteiger partial charge is 0.320 e. The molecule has 1 fully saturated rings. The summed E-state index contributed by atoms with van der Waals surface area (Å²) in [6, 6.07) is 8.21. The summed E-state index contributed by atoms with van der Waals surface area (Å²) in [5, 5.41) is 9.08. The van der Waals surface area contributed by atoms with Gasteiger partial charge < -0.3 is 5.11 Å². The lowest BCUT2D eigenvalue weighted by molar-refractivity contribution is -0.142. The van der Waals surface area contributed by atoms with Crippen LogP contribution in [0.4, 0.5) is 0 Å². The fourth-order valence-corrected chi connectivity index (χ4v) is 3.18. The molecule has 1 N–H and O–H groups in total. The first-order valence-corrected chi connectivity index (χ1v) is 7.32. The van der Waals surface area contributed by atoms with Crippen LogP contribution in [0.5, 0.6) is 0 Å². The maximum Gasteiger partial charge on any atom is 0.320 e. The van der Waals surface area contributed by atoms with Crippen LogP contribution in [0.15, 0.2) is 29.2 Å². The average Bonchev–Trinajstić information content (AvgIpc) is 2.80. The molecule has 3 nitrogen and oxygen atoms in total. The van der Waals surface area contributed by atoms with Crippen molar-refractivity contribution in [1.82, 2.24) is 4.90 Å². The summed E-state index contributed by atoms with van der Waals surface area (Å²) in [6.45, 7) is 3.86. The lowest BCUT2D eigenvalue weighted by Crippen LogP contribution is -2.37. The van der Waals surface area contributed by atoms with Crippen molar-refractivity contribution < 1.29 is 9.90 Å². The summed E-state index contributed by atoms with van der Waals surface area (Å²) in [7, 11) is 0. The first kappa shape index (κ1) is 13.4. The van der Waals surface area contributed by atoms with Gasteiger partial charge in [0.1, 0.15) is 6.04 Å². The van der Waals surface area contributed by atoms with E-state index in [0.29, 0.717) is 0 Å². The maximum atomic E-state index is 11.0. The Morgan fingerprint density at radius 1 is 1.44 bits per heavy atom. The quantitative estimate of drug-likeness (QED) is 0.831. The third-order valence-electron chi connectivity index (χ3n) is 3.32. The molecule has 0 bridgehead atoms. The third-order valence-corrected chi connectivity index (χ3v) is 4.31. The molecule has 98 valence electrons. The second-order valence-electron chi connectivity index (χ2n) is 4.69. The molecule has 0 amide bonds. The van der Waals surface area contributed by atoms with Gasteiger partial charge in [0, 0.05) is 17.2 Å². The highest BCUT2D eigenvalue weighted by Gasteiger charge is 2.29. The van der Waals surface area contributed by atoms with Crippen molar-refractivity contribution in [2.75, 3.05) is 18.8 Å². The monoisotopic (exact) mass is 265 g/mol. The zero-order valence-corrected chi connectivity index (χ0v) is 11.4. The van der Waals surface area contributed by atoms with Crippen LogP contribution in [-0.2, 0) is 4.79 Å². The van der Waals surface area contributed by atoms with E-state index in [4.69, 9.17) is 5.11 Å². The van der Waals surface area contributed by atoms with Crippen LogP contribution in [0, 0.1) is 6.92 Å². The number of benzene rings is 1. The van der Waals surface area contributed by atoms with Crippen molar-refractivity contribution in [3.63, 3.8) is 0 Å². The molecule has 1 aromatic carbocycles. The van der Waals surface area contributed by atoms with Crippen LogP contribution in [0.1, 0.15) is 18.4 Å². The molecule has 0 aliphatic carbocycles. The van der Waals surface area contributed by atoms with E-state index >= 15 is 0 Å². The molecule has 0 saturated carbocycles. The molecule has 1 aromatic rings. The minimum Gasteiger partial charge on any atom is -0.480 e. The maximum absolute atomic E-state index is 11.0. The zero-order chi connectivity index (χ0) is 13.0. The predicted molar refractivity (Wildman–Crippen MR) is 74.1 cm³/mol. The van der Waals surface area contributed by atoms with Gasteiger partial charge in [0.25, 0.3) is 0 Å². The van der Waals surface area contributed by atoms with Crippen LogP contribution in [-0.4, -0.2) is 40.9 Å². The standard InChI is InChI=1S/C14H19NO2S/c1-11-4-6-12(7-5-11)18-10-9-15-8-2-3-13(15)14(16)17/h4-7,13H,2-3,8-10H2,1H3,(H,16,17). The first-order valence-electron chi connectivity index (χ1n) is 6.33. The summed E-state index contributed by atoms with van der Waals surface area (Å²) in [5.74, 6) is 0.278. The minimum atomic E-state index is -0.673. The molecule has 1 saturated heterocycles. The van der Waals surface area contributed by atoms with Crippen molar-refractivity contribution in [1.29, 1.82) is 0 Å². The topological polar surface area (TPSA) is 40.5 Å². The van der Waals surface area contributed by atoms with Crippen molar-refractivity contribution in [3.05, 3.63) is 29.8 Å². The van der Waals surface area contributed by atoms with Crippen molar-refractivity contribution in [2.45, 2.75) is 30.7 Å². The lowest BCUT2D eigenvalue weighted by Gasteiger charge is -2.20. The average molecular weight is 265 g/mol. The van der Waals surface area contributed by atoms with Gasteiger partial charge in [-0.3, -0.25) is 9.69 Å². The molecular formula is C14H19NO2S. The van der Waals surface area contributed by atoms with Crippen molar-refractivity contribution >= 4 is 17.7 Å². The van der Waals surface area contributed by atoms with Crippen LogP contribution >= 0.6 is 11.8 Å². The molecule has 4 heteroatoms. The van der Waals surface area contributed by atoms with E-state index in [9.17, 15) is 4.79 Å². The molecule has 1 aliphatic rings. The summed E-state index contributed by atoms with van der Waals surface area (Å²) >= 11 is 1.80. The van der Waals surface area contributed by atoms with Gasteiger partial charge in [-0.1, -0.05) is 17.7 Å². The molecule has 0 spiro atoms. The second-order valence-corrected chi connectivity index (χ2v) is 5.86. The van der Waals surface area contributed by atoms with E-state index in [1.54, 1.807) is 11.8 Å². The third kappa shape index (κ3) is 3.50. The minimum absolute atomic E-state index is 0.261. The van der Waals surface area contributed by atoms with Gasteiger partial charge in [-0.15, -0.1) is 11.8 Å². The number of thioether (sulfide) groups is 1. The molecule has 1 aliphatic heterocycles. The van der Waals surface area contributed by atoms with E-state index in [-0.39, 0.29) is 6.04 Å². The zero-order valence-electron chi connectivity index (χ0n) is 10.6. The molecule has 1 heterocycles. The number of hydrogen-bond donors (Lipinski definition) is 1. The number of aryl methyl sites for hydroxylation is 1. The van der Waals surface area contributed by atoms with E-state index in [2.05, 4.69) is 36.1 Å². The van der Waals surface area contributed by atoms with Crippen LogP contribution in [0.25, 0.3) is 0 Å². The van der Waals surface area contributed by atoms with Gasteiger partial charge in [0.05, 0.1) is 0 Å². The normalized spacial score (nSPS) is 20.2. The highest BCUT2D eigenvalue weighted by molar-refractivity contribution is 7.99. The van der Waals surface area contributed by atoms with E-state index in [1.807, 2.05) is 0 Å². The molecule has 0 radical (unpaired) electrons. The summed E-state index contributed by atoms with van der Waals surface area (Å²) < 4.78 is 0. The number of carboxylic acids is 1. The van der Waals surface area contributed by atoms with Crippen LogP contribution in [0.3, 0.4) is 0 Å². The Bertz CT molecular complexity index is 405. The number of hydrogen-bond acceptors (Lipinski definition) is 3. The number of aliphatic carboxylic acids is 1. The van der Waals surface area contributed by atoms with Crippen molar-refractivity contribution in [3.8, 4) is 0 Å². The van der Waals surface area contributed by atoms with Gasteiger partial charge in [0.15, 0.2) is 0 Å². The van der Waals surface area contributed by atoms with Gasteiger partial charge in [0.2, 0.25) is 0 Å². The highest BCUT2D eigenvalue weighted by Crippen LogP contribution is 2.21. The first-order chi connectivity index (χ1) is 8.66. The lowest BCUT2D eigenvalue weighted by atomic mass is 10.2. The summed E-state index contributed by atoms with van der Waals surface area (Å²) in [4.78, 5) is 14.4. The summed E-state index contributed by atoms with van der Waals surface area (Å²) in [5.41, 5.74) is 1.27. The Morgan fingerprint density at radius 2 is 2.17 bits per heavy atom. The fraction of sp³-hybridized carbons (Fsp3) is 0.500. The number of carboxylic acid groups (broad SMARTS) is 1. The van der Waals surface area contributed by atoms with Gasteiger partial charge in [-0.05, 0) is 38.4 Å². The Morgan fingerprint density at radius 3 is 2.83 bits per heavy atom. The Balaban J connectivity index is 1.78. The predicted octanol–water partition coefficient (Wildman–Crippen LogP) is 2.64. The number of carbonyl (C=O) groups is 1. The molecule has 18 heavy (non-hydrogen) atoms. The molecule has 2 rings (SSSR count). The summed E-state index contributed by atoms with van der Waals surface area (Å²) in [6.07, 6.45) is 1.80. The Hall–Kier alpha value is -1.00. The van der Waals surface area contributed by atoms with E-state index in [0.717, 1.165) is 31.7 Å². The van der Waals surface area contributed by atoms with Crippen molar-refractivity contribution in [2.24, 2.45) is 0 Å². The molecular weight excluding hydrogens is 246 g/mol. The number of nitrogens with zero attached hydrogens (tertiary/aromatic N) is 1. The number of rotatable bonds is 5. The van der Waals surface area contributed by atoms with Gasteiger partial charge in [-0.25, -0.2) is 0 Å². The SMILES string of the molecule is Cc1ccc(SCCN2CCCC2C(=O)O)cc1. The highest BCUT2D eigenvalue weighted by atomic mass is 32.2. The van der Waals surface area contributed by atoms with Gasteiger partial charge >= 0.3 is 5.97 Å². The Kier molecular flexibility index (Phi) is 4.66. The van der Waals surface area contributed by atoms with E-state index in [1.165, 1.54) is 10.5 Å². The largest absolute Gasteiger partial charge is 0.480 e. The second kappa shape index (κ2) is 6.25.